The summed E-state index contributed by atoms with van der Waals surface area (Å²) < 4.78 is 10.4. The smallest absolute Gasteiger partial charge is 0.408 e. The van der Waals surface area contributed by atoms with Crippen LogP contribution in [0.3, 0.4) is 0 Å². The van der Waals surface area contributed by atoms with E-state index < -0.39 is 23.7 Å². The molecule has 1 rings (SSSR count). The third-order valence-corrected chi connectivity index (χ3v) is 2.41. The van der Waals surface area contributed by atoms with Gasteiger partial charge in [0, 0.05) is 6.42 Å². The lowest BCUT2D eigenvalue weighted by Gasteiger charge is -2.22. The summed E-state index contributed by atoms with van der Waals surface area (Å²) in [6.07, 6.45) is -0.613. The Kier molecular flexibility index (Phi) is 6.02. The van der Waals surface area contributed by atoms with Crippen molar-refractivity contribution in [1.82, 2.24) is 5.32 Å². The molecule has 0 aliphatic rings. The average Bonchev–Trinajstić information content (AvgIpc) is 2.36. The van der Waals surface area contributed by atoms with Gasteiger partial charge in [0.15, 0.2) is 0 Å². The maximum absolute atomic E-state index is 11.6. The zero-order valence-corrected chi connectivity index (χ0v) is 12.5. The van der Waals surface area contributed by atoms with Gasteiger partial charge in [-0.2, -0.15) is 0 Å². The normalized spacial score (nSPS) is 12.3. The van der Waals surface area contributed by atoms with Gasteiger partial charge in [0.2, 0.25) is 0 Å². The number of carboxylic acid groups (broad SMARTS) is 1. The zero-order valence-electron chi connectivity index (χ0n) is 12.5. The first-order valence-electron chi connectivity index (χ1n) is 6.68. The van der Waals surface area contributed by atoms with Gasteiger partial charge in [-0.3, -0.25) is 0 Å². The first kappa shape index (κ1) is 16.8. The highest BCUT2D eigenvalue weighted by atomic mass is 16.6. The van der Waals surface area contributed by atoms with Crippen LogP contribution in [0.1, 0.15) is 27.2 Å². The number of carboxylic acids is 1. The lowest BCUT2D eigenvalue weighted by Crippen LogP contribution is -2.44. The van der Waals surface area contributed by atoms with Crippen LogP contribution in [0.25, 0.3) is 0 Å². The Morgan fingerprint density at radius 3 is 2.38 bits per heavy atom. The van der Waals surface area contributed by atoms with Crippen molar-refractivity contribution >= 4 is 12.1 Å². The molecule has 0 radical (unpaired) electrons. The highest BCUT2D eigenvalue weighted by molar-refractivity contribution is 5.79. The maximum Gasteiger partial charge on any atom is 0.408 e. The van der Waals surface area contributed by atoms with E-state index in [1.807, 2.05) is 18.2 Å². The fraction of sp³-hybridized carbons (Fsp3) is 0.467. The van der Waals surface area contributed by atoms with Crippen molar-refractivity contribution in [2.75, 3.05) is 6.61 Å². The van der Waals surface area contributed by atoms with Gasteiger partial charge in [-0.25, -0.2) is 9.59 Å². The third kappa shape index (κ3) is 7.20. The lowest BCUT2D eigenvalue weighted by atomic mass is 10.2. The molecule has 1 amide bonds. The van der Waals surface area contributed by atoms with Gasteiger partial charge in [0.05, 0.1) is 6.61 Å². The monoisotopic (exact) mass is 295 g/mol. The quantitative estimate of drug-likeness (QED) is 0.842. The SMILES string of the molecule is CC(C)(C)OC(=O)N[C@H](CCOc1ccccc1)C(=O)O. The molecule has 0 aromatic heterocycles. The molecule has 1 aromatic carbocycles. The van der Waals surface area contributed by atoms with E-state index in [9.17, 15) is 9.59 Å². The first-order chi connectivity index (χ1) is 9.78. The molecular weight excluding hydrogens is 274 g/mol. The molecule has 0 saturated heterocycles. The molecule has 0 heterocycles. The van der Waals surface area contributed by atoms with Crippen LogP contribution < -0.4 is 10.1 Å². The summed E-state index contributed by atoms with van der Waals surface area (Å²) in [5.74, 6) is -0.476. The fourth-order valence-electron chi connectivity index (χ4n) is 1.52. The molecule has 0 unspecified atom stereocenters. The van der Waals surface area contributed by atoms with Gasteiger partial charge in [-0.1, -0.05) is 18.2 Å². The zero-order chi connectivity index (χ0) is 15.9. The van der Waals surface area contributed by atoms with Gasteiger partial charge in [0.25, 0.3) is 0 Å². The minimum atomic E-state index is -1.13. The summed E-state index contributed by atoms with van der Waals surface area (Å²) in [6.45, 7) is 5.30. The molecule has 1 atom stereocenters. The molecule has 0 fully saturated rings. The molecule has 21 heavy (non-hydrogen) atoms. The average molecular weight is 295 g/mol. The highest BCUT2D eigenvalue weighted by Crippen LogP contribution is 2.10. The second-order valence-corrected chi connectivity index (χ2v) is 5.49. The van der Waals surface area contributed by atoms with Crippen LogP contribution in [-0.4, -0.2) is 35.4 Å². The number of benzene rings is 1. The molecule has 6 nitrogen and oxygen atoms in total. The van der Waals surface area contributed by atoms with Crippen LogP contribution in [0.4, 0.5) is 4.79 Å². The van der Waals surface area contributed by atoms with Gasteiger partial charge >= 0.3 is 12.1 Å². The number of aliphatic carboxylic acids is 1. The summed E-state index contributed by atoms with van der Waals surface area (Å²) >= 11 is 0. The van der Waals surface area contributed by atoms with Crippen molar-refractivity contribution in [3.8, 4) is 5.75 Å². The molecule has 0 aliphatic carbocycles. The molecule has 0 spiro atoms. The van der Waals surface area contributed by atoms with E-state index in [0.29, 0.717) is 5.75 Å². The van der Waals surface area contributed by atoms with Crippen LogP contribution >= 0.6 is 0 Å². The first-order valence-corrected chi connectivity index (χ1v) is 6.68. The van der Waals surface area contributed by atoms with Crippen molar-refractivity contribution in [2.24, 2.45) is 0 Å². The standard InChI is InChI=1S/C15H21NO5/c1-15(2,3)21-14(19)16-12(13(17)18)9-10-20-11-7-5-4-6-8-11/h4-8,12H,9-10H2,1-3H3,(H,16,19)(H,17,18)/t12-/m1/s1. The number of alkyl carbamates (subject to hydrolysis) is 1. The Bertz CT molecular complexity index is 467. The molecule has 0 saturated carbocycles. The van der Waals surface area contributed by atoms with Gasteiger partial charge < -0.3 is 19.9 Å². The number of nitrogens with one attached hydrogen (secondary N) is 1. The van der Waals surface area contributed by atoms with E-state index in [1.54, 1.807) is 32.9 Å². The van der Waals surface area contributed by atoms with Crippen molar-refractivity contribution < 1.29 is 24.2 Å². The van der Waals surface area contributed by atoms with Crippen LogP contribution in [0.2, 0.25) is 0 Å². The molecule has 116 valence electrons. The molecule has 2 N–H and O–H groups in total. The Morgan fingerprint density at radius 2 is 1.86 bits per heavy atom. The van der Waals surface area contributed by atoms with Crippen molar-refractivity contribution in [2.45, 2.75) is 38.8 Å². The van der Waals surface area contributed by atoms with Crippen molar-refractivity contribution in [3.63, 3.8) is 0 Å². The van der Waals surface area contributed by atoms with E-state index in [2.05, 4.69) is 5.32 Å². The van der Waals surface area contributed by atoms with Crippen molar-refractivity contribution in [1.29, 1.82) is 0 Å². The molecule has 0 bridgehead atoms. The van der Waals surface area contributed by atoms with Crippen LogP contribution in [-0.2, 0) is 9.53 Å². The van der Waals surface area contributed by atoms with Crippen LogP contribution in [0.5, 0.6) is 5.75 Å². The van der Waals surface area contributed by atoms with E-state index in [1.165, 1.54) is 0 Å². The highest BCUT2D eigenvalue weighted by Gasteiger charge is 2.23. The Hall–Kier alpha value is -2.24. The van der Waals surface area contributed by atoms with Gasteiger partial charge in [-0.05, 0) is 32.9 Å². The van der Waals surface area contributed by atoms with E-state index >= 15 is 0 Å². The Morgan fingerprint density at radius 1 is 1.24 bits per heavy atom. The largest absolute Gasteiger partial charge is 0.494 e. The van der Waals surface area contributed by atoms with Crippen LogP contribution in [0, 0.1) is 0 Å². The van der Waals surface area contributed by atoms with E-state index in [0.717, 1.165) is 0 Å². The number of carbonyl (C=O) groups excluding carboxylic acids is 1. The fourth-order valence-corrected chi connectivity index (χ4v) is 1.52. The number of para-hydroxylation sites is 1. The number of carbonyl (C=O) groups is 2. The van der Waals surface area contributed by atoms with Crippen molar-refractivity contribution in [3.05, 3.63) is 30.3 Å². The number of hydrogen-bond acceptors (Lipinski definition) is 4. The summed E-state index contributed by atoms with van der Waals surface area (Å²) in [7, 11) is 0. The Labute approximate surface area is 124 Å². The summed E-state index contributed by atoms with van der Waals surface area (Å²) in [4.78, 5) is 22.7. The van der Waals surface area contributed by atoms with E-state index in [4.69, 9.17) is 14.6 Å². The second kappa shape index (κ2) is 7.52. The summed E-state index contributed by atoms with van der Waals surface area (Å²) in [6, 6.07) is 8.00. The van der Waals surface area contributed by atoms with E-state index in [-0.39, 0.29) is 13.0 Å². The topological polar surface area (TPSA) is 84.9 Å². The predicted octanol–water partition coefficient (Wildman–Crippen LogP) is 2.43. The van der Waals surface area contributed by atoms with Gasteiger partial charge in [-0.15, -0.1) is 0 Å². The van der Waals surface area contributed by atoms with Gasteiger partial charge in [0.1, 0.15) is 17.4 Å². The predicted molar refractivity (Wildman–Crippen MR) is 77.3 cm³/mol. The number of amides is 1. The van der Waals surface area contributed by atoms with Crippen LogP contribution in [0.15, 0.2) is 30.3 Å². The maximum atomic E-state index is 11.6. The second-order valence-electron chi connectivity index (χ2n) is 5.49. The summed E-state index contributed by atoms with van der Waals surface area (Å²) in [5, 5.41) is 11.4. The Balaban J connectivity index is 2.43. The summed E-state index contributed by atoms with van der Waals surface area (Å²) in [5.41, 5.74) is -0.673. The molecule has 6 heteroatoms. The molecule has 1 aromatic rings. The number of ether oxygens (including phenoxy) is 2. The lowest BCUT2D eigenvalue weighted by molar-refractivity contribution is -0.139. The number of hydrogen-bond donors (Lipinski definition) is 2. The minimum absolute atomic E-state index is 0.142. The third-order valence-electron chi connectivity index (χ3n) is 2.41. The number of rotatable bonds is 6. The molecule has 0 aliphatic heterocycles. The minimum Gasteiger partial charge on any atom is -0.494 e. The molecular formula is C15H21NO5.